The molecular formula is C14H14BrFN6S. The molecule has 0 atom stereocenters. The molecule has 23 heavy (non-hydrogen) atoms. The van der Waals surface area contributed by atoms with Crippen molar-refractivity contribution in [1.82, 2.24) is 24.7 Å². The third-order valence-corrected chi connectivity index (χ3v) is 4.70. The van der Waals surface area contributed by atoms with Crippen molar-refractivity contribution in [1.29, 1.82) is 0 Å². The predicted octanol–water partition coefficient (Wildman–Crippen LogP) is 2.99. The molecule has 0 saturated heterocycles. The van der Waals surface area contributed by atoms with Crippen LogP contribution in [-0.4, -0.2) is 24.7 Å². The fourth-order valence-electron chi connectivity index (χ4n) is 2.12. The molecule has 0 radical (unpaired) electrons. The molecule has 0 aliphatic carbocycles. The molecule has 2 heterocycles. The second kappa shape index (κ2) is 6.32. The lowest BCUT2D eigenvalue weighted by molar-refractivity contribution is 0.616. The van der Waals surface area contributed by atoms with Gasteiger partial charge in [0, 0.05) is 15.9 Å². The fraction of sp³-hybridized carbons (Fsp3) is 0.214. The summed E-state index contributed by atoms with van der Waals surface area (Å²) in [5.41, 5.74) is 2.36. The van der Waals surface area contributed by atoms with E-state index in [2.05, 4.69) is 31.2 Å². The van der Waals surface area contributed by atoms with E-state index in [0.717, 1.165) is 11.4 Å². The molecule has 2 N–H and O–H groups in total. The monoisotopic (exact) mass is 396 g/mol. The maximum atomic E-state index is 13.8. The van der Waals surface area contributed by atoms with Gasteiger partial charge in [-0.1, -0.05) is 33.8 Å². The molecule has 0 unspecified atom stereocenters. The van der Waals surface area contributed by atoms with Crippen molar-refractivity contribution in [2.75, 3.05) is 5.84 Å². The molecule has 0 aliphatic heterocycles. The summed E-state index contributed by atoms with van der Waals surface area (Å²) < 4.78 is 17.5. The fourth-order valence-corrected chi connectivity index (χ4v) is 3.30. The first-order chi connectivity index (χ1) is 11.0. The van der Waals surface area contributed by atoms with Crippen molar-refractivity contribution >= 4 is 27.7 Å². The Balaban J connectivity index is 1.81. The van der Waals surface area contributed by atoms with Crippen molar-refractivity contribution in [3.8, 4) is 5.95 Å². The lowest BCUT2D eigenvalue weighted by Crippen LogP contribution is -2.17. The van der Waals surface area contributed by atoms with Gasteiger partial charge in [-0.25, -0.2) is 13.7 Å². The zero-order chi connectivity index (χ0) is 16.6. The average molecular weight is 397 g/mol. The summed E-state index contributed by atoms with van der Waals surface area (Å²) in [7, 11) is 0. The van der Waals surface area contributed by atoms with Crippen LogP contribution in [0.2, 0.25) is 0 Å². The molecule has 3 rings (SSSR count). The van der Waals surface area contributed by atoms with E-state index in [4.69, 9.17) is 5.84 Å². The number of nitrogens with two attached hydrogens (primary N) is 1. The Morgan fingerprint density at radius 2 is 2.04 bits per heavy atom. The van der Waals surface area contributed by atoms with E-state index in [-0.39, 0.29) is 5.82 Å². The van der Waals surface area contributed by atoms with Crippen LogP contribution in [0.3, 0.4) is 0 Å². The molecule has 0 aliphatic rings. The Kier molecular flexibility index (Phi) is 4.40. The highest BCUT2D eigenvalue weighted by Crippen LogP contribution is 2.24. The number of hydrogen-bond acceptors (Lipinski definition) is 5. The van der Waals surface area contributed by atoms with Crippen LogP contribution in [0.1, 0.15) is 17.0 Å². The molecule has 3 aromatic rings. The van der Waals surface area contributed by atoms with Gasteiger partial charge in [-0.15, -0.1) is 10.2 Å². The quantitative estimate of drug-likeness (QED) is 0.541. The summed E-state index contributed by atoms with van der Waals surface area (Å²) in [4.78, 5) is 0. The van der Waals surface area contributed by atoms with Gasteiger partial charge in [0.25, 0.3) is 5.95 Å². The summed E-state index contributed by atoms with van der Waals surface area (Å²) in [5, 5.41) is 13.0. The van der Waals surface area contributed by atoms with E-state index in [1.54, 1.807) is 16.8 Å². The van der Waals surface area contributed by atoms with Crippen LogP contribution in [0.5, 0.6) is 0 Å². The van der Waals surface area contributed by atoms with Gasteiger partial charge < -0.3 is 5.84 Å². The normalized spacial score (nSPS) is 11.1. The average Bonchev–Trinajstić information content (AvgIpc) is 3.00. The van der Waals surface area contributed by atoms with E-state index >= 15 is 0 Å². The van der Waals surface area contributed by atoms with E-state index in [1.165, 1.54) is 22.5 Å². The number of aromatic nitrogens is 5. The van der Waals surface area contributed by atoms with E-state index in [1.807, 2.05) is 19.9 Å². The smallest absolute Gasteiger partial charge is 0.271 e. The molecule has 0 amide bonds. The van der Waals surface area contributed by atoms with Crippen molar-refractivity contribution in [2.45, 2.75) is 24.8 Å². The van der Waals surface area contributed by atoms with Gasteiger partial charge >= 0.3 is 0 Å². The van der Waals surface area contributed by atoms with Crippen molar-refractivity contribution < 1.29 is 4.39 Å². The molecule has 1 aromatic carbocycles. The first-order valence-electron chi connectivity index (χ1n) is 6.76. The highest BCUT2D eigenvalue weighted by molar-refractivity contribution is 9.10. The molecule has 6 nitrogen and oxygen atoms in total. The number of rotatable bonds is 4. The Bertz CT molecular complexity index is 859. The lowest BCUT2D eigenvalue weighted by Gasteiger charge is -2.05. The van der Waals surface area contributed by atoms with Gasteiger partial charge in [0.1, 0.15) is 5.82 Å². The minimum Gasteiger partial charge on any atom is -0.334 e. The SMILES string of the molecule is Cc1cc(C)n(-c2nnc(SCc3ccc(Br)cc3F)n2N)n1. The van der Waals surface area contributed by atoms with Crippen LogP contribution < -0.4 is 5.84 Å². The van der Waals surface area contributed by atoms with Crippen LogP contribution in [0.4, 0.5) is 4.39 Å². The van der Waals surface area contributed by atoms with Crippen molar-refractivity contribution in [2.24, 2.45) is 0 Å². The summed E-state index contributed by atoms with van der Waals surface area (Å²) in [6.07, 6.45) is 0. The minimum atomic E-state index is -0.270. The third-order valence-electron chi connectivity index (χ3n) is 3.22. The maximum absolute atomic E-state index is 13.8. The summed E-state index contributed by atoms with van der Waals surface area (Å²) >= 11 is 4.56. The molecular weight excluding hydrogens is 383 g/mol. The van der Waals surface area contributed by atoms with E-state index < -0.39 is 0 Å². The molecule has 0 bridgehead atoms. The van der Waals surface area contributed by atoms with Crippen molar-refractivity contribution in [3.63, 3.8) is 0 Å². The number of thioether (sulfide) groups is 1. The third kappa shape index (κ3) is 3.25. The Morgan fingerprint density at radius 3 is 2.70 bits per heavy atom. The standard InChI is InChI=1S/C14H14BrFN6S/c1-8-5-9(2)22(20-8)13-18-19-14(21(13)17)23-7-10-3-4-11(15)6-12(10)16/h3-6H,7,17H2,1-2H3. The molecule has 0 spiro atoms. The topological polar surface area (TPSA) is 74.5 Å². The number of halogens is 2. The maximum Gasteiger partial charge on any atom is 0.271 e. The zero-order valence-corrected chi connectivity index (χ0v) is 14.9. The number of nitrogen functional groups attached to an aromatic ring is 1. The van der Waals surface area contributed by atoms with Crippen LogP contribution in [-0.2, 0) is 5.75 Å². The van der Waals surface area contributed by atoms with Crippen LogP contribution in [0.25, 0.3) is 5.95 Å². The first kappa shape index (κ1) is 16.0. The summed E-state index contributed by atoms with van der Waals surface area (Å²) in [5.74, 6) is 6.61. The molecule has 0 fully saturated rings. The zero-order valence-electron chi connectivity index (χ0n) is 12.5. The van der Waals surface area contributed by atoms with Gasteiger partial charge in [0.2, 0.25) is 5.16 Å². The van der Waals surface area contributed by atoms with Gasteiger partial charge in [0.15, 0.2) is 0 Å². The van der Waals surface area contributed by atoms with Crippen LogP contribution >= 0.6 is 27.7 Å². The minimum absolute atomic E-state index is 0.270. The first-order valence-corrected chi connectivity index (χ1v) is 8.54. The Labute approximate surface area is 145 Å². The van der Waals surface area contributed by atoms with Gasteiger partial charge in [-0.2, -0.15) is 5.10 Å². The molecule has 0 saturated carbocycles. The second-order valence-corrected chi connectivity index (χ2v) is 6.87. The largest absolute Gasteiger partial charge is 0.334 e. The highest BCUT2D eigenvalue weighted by Gasteiger charge is 2.15. The number of nitrogens with zero attached hydrogens (tertiary/aromatic N) is 5. The molecule has 2 aromatic heterocycles. The van der Waals surface area contributed by atoms with Gasteiger partial charge in [0.05, 0.1) is 5.69 Å². The van der Waals surface area contributed by atoms with E-state index in [0.29, 0.717) is 26.9 Å². The Hall–Kier alpha value is -1.87. The molecule has 120 valence electrons. The van der Waals surface area contributed by atoms with Gasteiger partial charge in [-0.3, -0.25) is 0 Å². The van der Waals surface area contributed by atoms with E-state index in [9.17, 15) is 4.39 Å². The number of hydrogen-bond donors (Lipinski definition) is 1. The van der Waals surface area contributed by atoms with Gasteiger partial charge in [-0.05, 0) is 37.6 Å². The predicted molar refractivity (Wildman–Crippen MR) is 90.4 cm³/mol. The van der Waals surface area contributed by atoms with Crippen LogP contribution in [0, 0.1) is 19.7 Å². The van der Waals surface area contributed by atoms with Crippen molar-refractivity contribution in [3.05, 3.63) is 51.5 Å². The number of benzene rings is 1. The second-order valence-electron chi connectivity index (χ2n) is 5.02. The Morgan fingerprint density at radius 1 is 1.26 bits per heavy atom. The highest BCUT2D eigenvalue weighted by atomic mass is 79.9. The summed E-state index contributed by atoms with van der Waals surface area (Å²) in [6, 6.07) is 6.89. The lowest BCUT2D eigenvalue weighted by atomic mass is 10.2. The van der Waals surface area contributed by atoms with Crippen LogP contribution in [0.15, 0.2) is 33.9 Å². The number of aryl methyl sites for hydroxylation is 2. The summed E-state index contributed by atoms with van der Waals surface area (Å²) in [6.45, 7) is 3.81. The molecule has 9 heteroatoms.